The van der Waals surface area contributed by atoms with Gasteiger partial charge in [0.1, 0.15) is 7.14 Å². The lowest BCUT2D eigenvalue weighted by Gasteiger charge is -2.39. The van der Waals surface area contributed by atoms with E-state index in [-0.39, 0.29) is 5.41 Å². The van der Waals surface area contributed by atoms with Gasteiger partial charge in [0, 0.05) is 27.4 Å². The maximum absolute atomic E-state index is 12.9. The van der Waals surface area contributed by atoms with Gasteiger partial charge < -0.3 is 4.57 Å². The van der Waals surface area contributed by atoms with Crippen LogP contribution in [0.15, 0.2) is 194 Å². The van der Waals surface area contributed by atoms with E-state index in [4.69, 9.17) is 15.0 Å². The van der Waals surface area contributed by atoms with Gasteiger partial charge in [-0.25, -0.2) is 15.0 Å². The van der Waals surface area contributed by atoms with Crippen LogP contribution in [0.1, 0.15) is 43.2 Å². The van der Waals surface area contributed by atoms with Gasteiger partial charge in [-0.2, -0.15) is 0 Å². The molecule has 9 aromatic carbocycles. The van der Waals surface area contributed by atoms with Gasteiger partial charge in [-0.05, 0) is 91.9 Å². The van der Waals surface area contributed by atoms with Crippen molar-refractivity contribution in [3.63, 3.8) is 0 Å². The van der Waals surface area contributed by atoms with Gasteiger partial charge in [-0.15, -0.1) is 0 Å². The second-order valence-corrected chi connectivity index (χ2v) is 21.0. The van der Waals surface area contributed by atoms with Crippen molar-refractivity contribution in [3.05, 3.63) is 205 Å². The highest BCUT2D eigenvalue weighted by Gasteiger charge is 2.36. The van der Waals surface area contributed by atoms with Gasteiger partial charge in [0.2, 0.25) is 0 Å². The SMILES string of the molecule is CP(C)(=O)c1ccc(-c2c3ccccc3c(-c3ccc(C4(c5ccc(-c6nc(-c7ccccc7)nc(-c7cccc8ccccc78)n6)cc5)CCCCC4)cc3)c3ccccc23)cc1. The fourth-order valence-corrected chi connectivity index (χ4v) is 11.2. The normalized spacial score (nSPS) is 14.0. The summed E-state index contributed by atoms with van der Waals surface area (Å²) in [6, 6.07) is 69.5. The lowest BCUT2D eigenvalue weighted by molar-refractivity contribution is 0.346. The summed E-state index contributed by atoms with van der Waals surface area (Å²) >= 11 is 0. The number of fused-ring (bicyclic) bond motifs is 3. The van der Waals surface area contributed by atoms with Crippen LogP contribution in [-0.2, 0) is 9.98 Å². The van der Waals surface area contributed by atoms with Gasteiger partial charge in [-0.1, -0.05) is 213 Å². The number of benzene rings is 9. The lowest BCUT2D eigenvalue weighted by atomic mass is 9.65. The van der Waals surface area contributed by atoms with Crippen molar-refractivity contribution < 1.29 is 4.57 Å². The van der Waals surface area contributed by atoms with Crippen molar-refractivity contribution in [3.8, 4) is 56.4 Å². The van der Waals surface area contributed by atoms with Crippen molar-refractivity contribution >= 4 is 44.8 Å². The Morgan fingerprint density at radius 2 is 0.812 bits per heavy atom. The van der Waals surface area contributed by atoms with Crippen LogP contribution in [0.25, 0.3) is 88.7 Å². The molecule has 1 heterocycles. The first-order chi connectivity index (χ1) is 31.3. The summed E-state index contributed by atoms with van der Waals surface area (Å²) in [5.41, 5.74) is 10.3. The fraction of sp³-hybridized carbons (Fsp3) is 0.136. The van der Waals surface area contributed by atoms with Crippen LogP contribution < -0.4 is 5.30 Å². The summed E-state index contributed by atoms with van der Waals surface area (Å²) < 4.78 is 12.9. The molecule has 4 nitrogen and oxygen atoms in total. The Kier molecular flexibility index (Phi) is 10.1. The second kappa shape index (κ2) is 16.3. The number of hydrogen-bond acceptors (Lipinski definition) is 4. The number of hydrogen-bond donors (Lipinski definition) is 0. The zero-order valence-corrected chi connectivity index (χ0v) is 37.1. The molecule has 310 valence electrons. The summed E-state index contributed by atoms with van der Waals surface area (Å²) in [7, 11) is -2.36. The maximum Gasteiger partial charge on any atom is 0.164 e. The molecule has 0 unspecified atom stereocenters. The molecule has 1 aromatic heterocycles. The van der Waals surface area contributed by atoms with E-state index in [1.54, 1.807) is 0 Å². The monoisotopic (exact) mass is 845 g/mol. The molecule has 1 saturated carbocycles. The molecule has 0 amide bonds. The van der Waals surface area contributed by atoms with Gasteiger partial charge in [-0.3, -0.25) is 0 Å². The van der Waals surface area contributed by atoms with E-state index < -0.39 is 7.14 Å². The number of rotatable bonds is 8. The van der Waals surface area contributed by atoms with Crippen molar-refractivity contribution in [1.82, 2.24) is 15.0 Å². The lowest BCUT2D eigenvalue weighted by Crippen LogP contribution is -2.30. The predicted octanol–water partition coefficient (Wildman–Crippen LogP) is 15.2. The van der Waals surface area contributed by atoms with E-state index in [0.717, 1.165) is 51.2 Å². The Balaban J connectivity index is 0.983. The Bertz CT molecular complexity index is 3320. The van der Waals surface area contributed by atoms with Crippen LogP contribution in [0.3, 0.4) is 0 Å². The zero-order chi connectivity index (χ0) is 43.3. The van der Waals surface area contributed by atoms with E-state index >= 15 is 0 Å². The van der Waals surface area contributed by atoms with Crippen molar-refractivity contribution in [2.75, 3.05) is 13.3 Å². The molecular formula is C59H48N3OP. The quantitative estimate of drug-likeness (QED) is 0.113. The second-order valence-electron chi connectivity index (χ2n) is 17.7. The minimum atomic E-state index is -2.36. The molecule has 64 heavy (non-hydrogen) atoms. The van der Waals surface area contributed by atoms with E-state index in [1.807, 2.05) is 43.7 Å². The molecule has 0 saturated heterocycles. The molecule has 1 fully saturated rings. The van der Waals surface area contributed by atoms with Crippen molar-refractivity contribution in [2.45, 2.75) is 37.5 Å². The van der Waals surface area contributed by atoms with Gasteiger partial charge in [0.15, 0.2) is 17.5 Å². The molecular weight excluding hydrogens is 798 g/mol. The largest absolute Gasteiger partial charge is 0.319 e. The first-order valence-corrected chi connectivity index (χ1v) is 25.1. The Morgan fingerprint density at radius 1 is 0.391 bits per heavy atom. The molecule has 0 aliphatic heterocycles. The Labute approximate surface area is 375 Å². The summed E-state index contributed by atoms with van der Waals surface area (Å²) in [6.07, 6.45) is 5.85. The van der Waals surface area contributed by atoms with Crippen LogP contribution in [-0.4, -0.2) is 28.3 Å². The highest BCUT2D eigenvalue weighted by molar-refractivity contribution is 7.70. The number of nitrogens with zero attached hydrogens (tertiary/aromatic N) is 3. The molecule has 5 heteroatoms. The zero-order valence-electron chi connectivity index (χ0n) is 36.2. The predicted molar refractivity (Wildman–Crippen MR) is 269 cm³/mol. The number of aromatic nitrogens is 3. The van der Waals surface area contributed by atoms with Gasteiger partial charge in [0.25, 0.3) is 0 Å². The van der Waals surface area contributed by atoms with Crippen molar-refractivity contribution in [1.29, 1.82) is 0 Å². The van der Waals surface area contributed by atoms with E-state index in [2.05, 4.69) is 164 Å². The third-order valence-corrected chi connectivity index (χ3v) is 15.1. The minimum Gasteiger partial charge on any atom is -0.319 e. The first-order valence-electron chi connectivity index (χ1n) is 22.5. The van der Waals surface area contributed by atoms with Crippen molar-refractivity contribution in [2.24, 2.45) is 0 Å². The summed E-state index contributed by atoms with van der Waals surface area (Å²) in [4.78, 5) is 15.3. The smallest absolute Gasteiger partial charge is 0.164 e. The average molecular weight is 846 g/mol. The highest BCUT2D eigenvalue weighted by atomic mass is 31.2. The van der Waals surface area contributed by atoms with Gasteiger partial charge >= 0.3 is 0 Å². The third kappa shape index (κ3) is 7.13. The molecule has 10 aromatic rings. The van der Waals surface area contributed by atoms with Crippen LogP contribution >= 0.6 is 7.14 Å². The molecule has 1 aliphatic rings. The molecule has 1 aliphatic carbocycles. The maximum atomic E-state index is 12.9. The molecule has 11 rings (SSSR count). The van der Waals surface area contributed by atoms with Crippen LogP contribution in [0.2, 0.25) is 0 Å². The Hall–Kier alpha value is -7.00. The molecule has 0 bridgehead atoms. The highest BCUT2D eigenvalue weighted by Crippen LogP contribution is 2.48. The molecule has 0 radical (unpaired) electrons. The molecule has 0 N–H and O–H groups in total. The summed E-state index contributed by atoms with van der Waals surface area (Å²) in [5, 5.41) is 8.06. The van der Waals surface area contributed by atoms with E-state index in [0.29, 0.717) is 17.5 Å². The average Bonchev–Trinajstić information content (AvgIpc) is 3.35. The van der Waals surface area contributed by atoms with E-state index in [1.165, 1.54) is 68.6 Å². The molecule has 0 spiro atoms. The minimum absolute atomic E-state index is 0.0984. The fourth-order valence-electron chi connectivity index (χ4n) is 10.3. The summed E-state index contributed by atoms with van der Waals surface area (Å²) in [6.45, 7) is 3.67. The Morgan fingerprint density at radius 3 is 1.34 bits per heavy atom. The van der Waals surface area contributed by atoms with Gasteiger partial charge in [0.05, 0.1) is 0 Å². The third-order valence-electron chi connectivity index (χ3n) is 13.5. The van der Waals surface area contributed by atoms with E-state index in [9.17, 15) is 4.57 Å². The molecule has 0 atom stereocenters. The van der Waals surface area contributed by atoms with Crippen LogP contribution in [0.5, 0.6) is 0 Å². The summed E-state index contributed by atoms with van der Waals surface area (Å²) in [5.74, 6) is 2.00. The first kappa shape index (κ1) is 39.8. The standard InChI is InChI=1S/C59H48N3OP/c1-64(2,63)47-36-30-42(31-37-47)55-51-23-11-9-21-49(51)54(50-22-10-12-24-52(50)55)41-26-32-45(33-27-41)59(38-13-4-14-39-59)46-34-28-44(29-35-46)57-60-56(43-17-5-3-6-18-43)61-58(62-57)53-25-15-19-40-16-7-8-20-48(40)53/h3,5-12,15-37H,4,13-14,38-39H2,1-2H3. The van der Waals surface area contributed by atoms with Crippen LogP contribution in [0.4, 0.5) is 0 Å². The topological polar surface area (TPSA) is 55.7 Å². The van der Waals surface area contributed by atoms with Crippen LogP contribution in [0, 0.1) is 0 Å².